The highest BCUT2D eigenvalue weighted by Gasteiger charge is 2.18. The second-order valence-electron chi connectivity index (χ2n) is 7.52. The molecule has 0 fully saturated rings. The van der Waals surface area contributed by atoms with Gasteiger partial charge in [0.2, 0.25) is 11.7 Å². The molecule has 1 amide bonds. The summed E-state index contributed by atoms with van der Waals surface area (Å²) in [4.78, 5) is 17.2. The average molecular weight is 488 g/mol. The van der Waals surface area contributed by atoms with Gasteiger partial charge < -0.3 is 9.73 Å². The Labute approximate surface area is 204 Å². The molecule has 0 spiro atoms. The molecule has 0 radical (unpaired) electrons. The fourth-order valence-corrected chi connectivity index (χ4v) is 4.83. The van der Waals surface area contributed by atoms with Crippen LogP contribution in [0.2, 0.25) is 0 Å². The third-order valence-electron chi connectivity index (χ3n) is 5.04. The second-order valence-corrected chi connectivity index (χ2v) is 9.53. The zero-order valence-electron chi connectivity index (χ0n) is 18.3. The Hall–Kier alpha value is -3.69. The Morgan fingerprint density at radius 3 is 2.74 bits per heavy atom. The van der Waals surface area contributed by atoms with Gasteiger partial charge in [-0.15, -0.1) is 21.5 Å². The minimum Gasteiger partial charge on any atom is -0.461 e. The van der Waals surface area contributed by atoms with Gasteiger partial charge in [0.05, 0.1) is 29.3 Å². The molecule has 9 heteroatoms. The van der Waals surface area contributed by atoms with Crippen molar-refractivity contribution in [2.45, 2.75) is 18.6 Å². The quantitative estimate of drug-likeness (QED) is 0.281. The molecule has 34 heavy (non-hydrogen) atoms. The largest absolute Gasteiger partial charge is 0.461 e. The number of carbonyl (C=O) groups excluding carboxylic acids is 1. The van der Waals surface area contributed by atoms with Crippen LogP contribution in [0.1, 0.15) is 10.6 Å². The van der Waals surface area contributed by atoms with Crippen LogP contribution in [-0.4, -0.2) is 31.4 Å². The van der Waals surface area contributed by atoms with Gasteiger partial charge >= 0.3 is 0 Å². The molecule has 7 nitrogen and oxygen atoms in total. The van der Waals surface area contributed by atoms with Crippen LogP contribution >= 0.6 is 23.1 Å². The van der Waals surface area contributed by atoms with Gasteiger partial charge in [0, 0.05) is 16.6 Å². The number of aryl methyl sites for hydroxylation is 1. The number of hydrogen-bond donors (Lipinski definition) is 1. The standard InChI is InChI=1S/C25H21N5O2S2/c1-17-26-21(15-33-17)19-9-5-10-20(13-19)27-23(31)16-34-25-29-28-24(22-11-6-12-32-22)30(25)14-18-7-3-2-4-8-18/h2-13,15H,14,16H2,1H3,(H,27,31). The molecule has 0 aliphatic carbocycles. The van der Waals surface area contributed by atoms with E-state index in [0.29, 0.717) is 23.3 Å². The summed E-state index contributed by atoms with van der Waals surface area (Å²) in [7, 11) is 0. The summed E-state index contributed by atoms with van der Waals surface area (Å²) in [6, 6.07) is 21.4. The third kappa shape index (κ3) is 5.11. The van der Waals surface area contributed by atoms with Gasteiger partial charge in [0.15, 0.2) is 10.9 Å². The molecule has 0 saturated carbocycles. The molecule has 3 heterocycles. The molecular formula is C25H21N5O2S2. The molecule has 0 aliphatic heterocycles. The van der Waals surface area contributed by atoms with Crippen LogP contribution in [0.4, 0.5) is 5.69 Å². The Balaban J connectivity index is 1.30. The van der Waals surface area contributed by atoms with Crippen LogP contribution in [0, 0.1) is 6.92 Å². The maximum atomic E-state index is 12.7. The maximum absolute atomic E-state index is 12.7. The predicted molar refractivity (Wildman–Crippen MR) is 135 cm³/mol. The van der Waals surface area contributed by atoms with E-state index in [0.717, 1.165) is 27.5 Å². The fourth-order valence-electron chi connectivity index (χ4n) is 3.47. The number of hydrogen-bond acceptors (Lipinski definition) is 7. The molecule has 3 aromatic heterocycles. The SMILES string of the molecule is Cc1nc(-c2cccc(NC(=O)CSc3nnc(-c4ccco4)n3Cc3ccccc3)c2)cs1. The summed E-state index contributed by atoms with van der Waals surface area (Å²) < 4.78 is 7.52. The summed E-state index contributed by atoms with van der Waals surface area (Å²) >= 11 is 2.94. The third-order valence-corrected chi connectivity index (χ3v) is 6.78. The van der Waals surface area contributed by atoms with Gasteiger partial charge in [-0.25, -0.2) is 4.98 Å². The van der Waals surface area contributed by atoms with Crippen molar-refractivity contribution in [1.29, 1.82) is 0 Å². The number of rotatable bonds is 8. The minimum absolute atomic E-state index is 0.120. The number of nitrogens with zero attached hydrogens (tertiary/aromatic N) is 4. The number of benzene rings is 2. The van der Waals surface area contributed by atoms with Crippen molar-refractivity contribution in [3.63, 3.8) is 0 Å². The summed E-state index contributed by atoms with van der Waals surface area (Å²) in [5.41, 5.74) is 3.72. The van der Waals surface area contributed by atoms with Crippen LogP contribution in [0.25, 0.3) is 22.8 Å². The Morgan fingerprint density at radius 2 is 1.97 bits per heavy atom. The van der Waals surface area contributed by atoms with Crippen molar-refractivity contribution >= 4 is 34.7 Å². The van der Waals surface area contributed by atoms with Crippen LogP contribution in [0.15, 0.2) is 87.9 Å². The van der Waals surface area contributed by atoms with Crippen LogP contribution in [0.3, 0.4) is 0 Å². The molecule has 170 valence electrons. The zero-order valence-corrected chi connectivity index (χ0v) is 20.0. The minimum atomic E-state index is -0.120. The molecule has 0 bridgehead atoms. The van der Waals surface area contributed by atoms with E-state index >= 15 is 0 Å². The van der Waals surface area contributed by atoms with E-state index < -0.39 is 0 Å². The highest BCUT2D eigenvalue weighted by molar-refractivity contribution is 7.99. The van der Waals surface area contributed by atoms with Gasteiger partial charge in [0.25, 0.3) is 0 Å². The molecule has 5 aromatic rings. The molecule has 5 rings (SSSR count). The number of furan rings is 1. The lowest BCUT2D eigenvalue weighted by atomic mass is 10.1. The first-order valence-corrected chi connectivity index (χ1v) is 12.5. The lowest BCUT2D eigenvalue weighted by Gasteiger charge is -2.10. The molecule has 1 N–H and O–H groups in total. The van der Waals surface area contributed by atoms with Crippen molar-refractivity contribution in [1.82, 2.24) is 19.7 Å². The van der Waals surface area contributed by atoms with Crippen LogP contribution < -0.4 is 5.32 Å². The van der Waals surface area contributed by atoms with E-state index in [-0.39, 0.29) is 11.7 Å². The number of aromatic nitrogens is 4. The number of nitrogens with one attached hydrogen (secondary N) is 1. The smallest absolute Gasteiger partial charge is 0.234 e. The number of thioether (sulfide) groups is 1. The monoisotopic (exact) mass is 487 g/mol. The molecule has 2 aromatic carbocycles. The highest BCUT2D eigenvalue weighted by Crippen LogP contribution is 2.27. The first-order valence-electron chi connectivity index (χ1n) is 10.6. The maximum Gasteiger partial charge on any atom is 0.234 e. The van der Waals surface area contributed by atoms with Crippen molar-refractivity contribution in [2.75, 3.05) is 11.1 Å². The van der Waals surface area contributed by atoms with Gasteiger partial charge in [-0.1, -0.05) is 54.2 Å². The molecule has 0 unspecified atom stereocenters. The average Bonchev–Trinajstić information content (AvgIpc) is 3.60. The number of amides is 1. The van der Waals surface area contributed by atoms with Gasteiger partial charge in [0.1, 0.15) is 0 Å². The van der Waals surface area contributed by atoms with Crippen molar-refractivity contribution in [3.05, 3.63) is 88.9 Å². The van der Waals surface area contributed by atoms with E-state index in [1.807, 2.05) is 83.6 Å². The topological polar surface area (TPSA) is 85.8 Å². The van der Waals surface area contributed by atoms with E-state index in [1.54, 1.807) is 17.6 Å². The normalized spacial score (nSPS) is 11.0. The summed E-state index contributed by atoms with van der Waals surface area (Å²) in [5.74, 6) is 1.34. The van der Waals surface area contributed by atoms with Crippen molar-refractivity contribution in [2.24, 2.45) is 0 Å². The van der Waals surface area contributed by atoms with Crippen molar-refractivity contribution in [3.8, 4) is 22.8 Å². The fraction of sp³-hybridized carbons (Fsp3) is 0.120. The summed E-state index contributed by atoms with van der Waals surface area (Å²) in [5, 5.41) is 15.3. The van der Waals surface area contributed by atoms with E-state index in [2.05, 4.69) is 20.5 Å². The zero-order chi connectivity index (χ0) is 23.3. The van der Waals surface area contributed by atoms with E-state index in [1.165, 1.54) is 11.8 Å². The second kappa shape index (κ2) is 10.1. The lowest BCUT2D eigenvalue weighted by Crippen LogP contribution is -2.15. The molecular weight excluding hydrogens is 466 g/mol. The Bertz CT molecular complexity index is 1390. The summed E-state index contributed by atoms with van der Waals surface area (Å²) in [6.07, 6.45) is 1.61. The first-order chi connectivity index (χ1) is 16.7. The molecule has 0 saturated heterocycles. The molecule has 0 aliphatic rings. The highest BCUT2D eigenvalue weighted by atomic mass is 32.2. The van der Waals surface area contributed by atoms with Crippen LogP contribution in [0.5, 0.6) is 0 Å². The van der Waals surface area contributed by atoms with E-state index in [9.17, 15) is 4.79 Å². The summed E-state index contributed by atoms with van der Waals surface area (Å²) in [6.45, 7) is 2.55. The van der Waals surface area contributed by atoms with E-state index in [4.69, 9.17) is 4.42 Å². The lowest BCUT2D eigenvalue weighted by molar-refractivity contribution is -0.113. The van der Waals surface area contributed by atoms with Crippen LogP contribution in [-0.2, 0) is 11.3 Å². The Kier molecular flexibility index (Phi) is 6.55. The van der Waals surface area contributed by atoms with Crippen molar-refractivity contribution < 1.29 is 9.21 Å². The predicted octanol–water partition coefficient (Wildman–Crippen LogP) is 5.75. The number of thiazole rings is 1. The number of carbonyl (C=O) groups is 1. The Morgan fingerprint density at radius 1 is 1.09 bits per heavy atom. The number of anilines is 1. The van der Waals surface area contributed by atoms with Gasteiger partial charge in [-0.05, 0) is 36.8 Å². The first kappa shape index (κ1) is 22.1. The molecule has 0 atom stereocenters. The van der Waals surface area contributed by atoms with Gasteiger partial charge in [-0.2, -0.15) is 0 Å². The van der Waals surface area contributed by atoms with Gasteiger partial charge in [-0.3, -0.25) is 9.36 Å².